The number of amides is 2. The molecule has 6 nitrogen and oxygen atoms in total. The van der Waals surface area contributed by atoms with Crippen LogP contribution in [-0.2, 0) is 17.7 Å². The summed E-state index contributed by atoms with van der Waals surface area (Å²) in [5.74, 6) is 0. The molecule has 0 saturated heterocycles. The molecule has 1 aliphatic rings. The number of nitrogens with zero attached hydrogens (tertiary/aromatic N) is 2. The Morgan fingerprint density at radius 3 is 3.18 bits per heavy atom. The molecule has 1 aromatic heterocycles. The summed E-state index contributed by atoms with van der Waals surface area (Å²) in [4.78, 5) is 12.1. The topological polar surface area (TPSA) is 68.2 Å². The maximum Gasteiger partial charge on any atom is 0.319 e. The molecular formula is C16H20N4O2. The smallest absolute Gasteiger partial charge is 0.319 e. The Morgan fingerprint density at radius 2 is 2.32 bits per heavy atom. The Kier molecular flexibility index (Phi) is 4.39. The predicted molar refractivity (Wildman–Crippen MR) is 83.8 cm³/mol. The van der Waals surface area contributed by atoms with Gasteiger partial charge in [-0.2, -0.15) is 5.10 Å². The molecule has 1 atom stereocenters. The van der Waals surface area contributed by atoms with Crippen LogP contribution >= 0.6 is 0 Å². The second-order valence-electron chi connectivity index (χ2n) is 5.37. The number of aryl methyl sites for hydroxylation is 1. The third kappa shape index (κ3) is 3.28. The van der Waals surface area contributed by atoms with Gasteiger partial charge >= 0.3 is 6.03 Å². The molecule has 1 aromatic carbocycles. The molecule has 0 aliphatic heterocycles. The Labute approximate surface area is 129 Å². The number of benzene rings is 1. The van der Waals surface area contributed by atoms with Crippen molar-refractivity contribution in [3.05, 3.63) is 47.8 Å². The molecule has 0 radical (unpaired) electrons. The van der Waals surface area contributed by atoms with Gasteiger partial charge in [-0.1, -0.05) is 24.3 Å². The van der Waals surface area contributed by atoms with Gasteiger partial charge in [0, 0.05) is 13.3 Å². The normalized spacial score (nSPS) is 16.3. The lowest BCUT2D eigenvalue weighted by Crippen LogP contribution is -2.31. The predicted octanol–water partition coefficient (Wildman–Crippen LogP) is 2.34. The zero-order valence-electron chi connectivity index (χ0n) is 12.6. The van der Waals surface area contributed by atoms with E-state index >= 15 is 0 Å². The van der Waals surface area contributed by atoms with Crippen LogP contribution in [0.3, 0.4) is 0 Å². The molecule has 0 unspecified atom stereocenters. The number of carbonyl (C=O) groups is 1. The largest absolute Gasteiger partial charge is 0.383 e. The highest BCUT2D eigenvalue weighted by molar-refractivity contribution is 5.89. The fourth-order valence-corrected chi connectivity index (χ4v) is 2.77. The minimum atomic E-state index is -0.201. The lowest BCUT2D eigenvalue weighted by atomic mass is 10.1. The van der Waals surface area contributed by atoms with Gasteiger partial charge in [0.05, 0.1) is 31.1 Å². The van der Waals surface area contributed by atoms with Crippen LogP contribution < -0.4 is 10.6 Å². The van der Waals surface area contributed by atoms with Crippen LogP contribution in [0.25, 0.3) is 0 Å². The Hall–Kier alpha value is -2.34. The minimum absolute atomic E-state index is 0.0831. The van der Waals surface area contributed by atoms with Crippen molar-refractivity contribution >= 4 is 11.7 Å². The van der Waals surface area contributed by atoms with Gasteiger partial charge in [0.25, 0.3) is 0 Å². The average molecular weight is 300 g/mol. The summed E-state index contributed by atoms with van der Waals surface area (Å²) >= 11 is 0. The van der Waals surface area contributed by atoms with Crippen LogP contribution in [0.2, 0.25) is 0 Å². The maximum absolute atomic E-state index is 12.1. The summed E-state index contributed by atoms with van der Waals surface area (Å²) in [6, 6.07) is 8.13. The molecule has 2 aromatic rings. The van der Waals surface area contributed by atoms with Gasteiger partial charge in [0.2, 0.25) is 0 Å². The van der Waals surface area contributed by atoms with Crippen LogP contribution in [0.1, 0.15) is 23.6 Å². The number of rotatable bonds is 5. The summed E-state index contributed by atoms with van der Waals surface area (Å²) in [6.07, 6.45) is 5.38. The summed E-state index contributed by atoms with van der Waals surface area (Å²) in [5.41, 5.74) is 3.22. The monoisotopic (exact) mass is 300 g/mol. The average Bonchev–Trinajstić information content (AvgIpc) is 3.13. The second kappa shape index (κ2) is 6.62. The van der Waals surface area contributed by atoms with Crippen LogP contribution in [0.4, 0.5) is 10.5 Å². The fourth-order valence-electron chi connectivity index (χ4n) is 2.77. The quantitative estimate of drug-likeness (QED) is 0.890. The lowest BCUT2D eigenvalue weighted by molar-refractivity contribution is 0.183. The molecule has 1 heterocycles. The maximum atomic E-state index is 12.1. The van der Waals surface area contributed by atoms with Crippen molar-refractivity contribution in [2.75, 3.05) is 19.0 Å². The first-order valence-corrected chi connectivity index (χ1v) is 7.43. The lowest BCUT2D eigenvalue weighted by Gasteiger charge is -2.14. The summed E-state index contributed by atoms with van der Waals surface area (Å²) < 4.78 is 6.74. The number of methoxy groups -OCH3 is 1. The van der Waals surface area contributed by atoms with E-state index in [1.165, 1.54) is 11.1 Å². The second-order valence-corrected chi connectivity index (χ2v) is 5.37. The Balaban J connectivity index is 1.56. The zero-order chi connectivity index (χ0) is 15.4. The highest BCUT2D eigenvalue weighted by Crippen LogP contribution is 2.30. The van der Waals surface area contributed by atoms with Gasteiger partial charge in [-0.05, 0) is 24.0 Å². The number of anilines is 1. The van der Waals surface area contributed by atoms with Gasteiger partial charge in [0.1, 0.15) is 0 Å². The molecule has 1 aliphatic carbocycles. The first kappa shape index (κ1) is 14.6. The van der Waals surface area contributed by atoms with Crippen molar-refractivity contribution in [1.29, 1.82) is 0 Å². The van der Waals surface area contributed by atoms with E-state index in [9.17, 15) is 4.79 Å². The zero-order valence-corrected chi connectivity index (χ0v) is 12.6. The number of ether oxygens (including phenoxy) is 1. The number of nitrogens with one attached hydrogen (secondary N) is 2. The number of urea groups is 1. The number of carbonyl (C=O) groups excluding carboxylic acids is 1. The van der Waals surface area contributed by atoms with E-state index in [1.807, 2.05) is 12.1 Å². The molecule has 2 N–H and O–H groups in total. The molecule has 0 bridgehead atoms. The molecule has 6 heteroatoms. The van der Waals surface area contributed by atoms with Crippen molar-refractivity contribution in [3.63, 3.8) is 0 Å². The van der Waals surface area contributed by atoms with Crippen molar-refractivity contribution in [2.45, 2.75) is 25.4 Å². The Bertz CT molecular complexity index is 653. The van der Waals surface area contributed by atoms with E-state index in [-0.39, 0.29) is 12.1 Å². The van der Waals surface area contributed by atoms with Gasteiger partial charge < -0.3 is 15.4 Å². The minimum Gasteiger partial charge on any atom is -0.383 e. The standard InChI is InChI=1S/C16H20N4O2/c1-22-9-8-20-11-13(10-17-20)18-16(21)19-15-7-6-12-4-2-3-5-14(12)15/h2-5,10-11,15H,6-9H2,1H3,(H2,18,19,21)/t15-/m1/s1. The third-order valence-electron chi connectivity index (χ3n) is 3.85. The Morgan fingerprint density at radius 1 is 1.45 bits per heavy atom. The molecule has 3 rings (SSSR count). The molecule has 0 saturated carbocycles. The third-order valence-corrected chi connectivity index (χ3v) is 3.85. The van der Waals surface area contributed by atoms with Gasteiger partial charge in [0.15, 0.2) is 0 Å². The first-order chi connectivity index (χ1) is 10.8. The highest BCUT2D eigenvalue weighted by atomic mass is 16.5. The first-order valence-electron chi connectivity index (χ1n) is 7.43. The van der Waals surface area contributed by atoms with E-state index in [2.05, 4.69) is 27.9 Å². The van der Waals surface area contributed by atoms with Crippen LogP contribution in [0.15, 0.2) is 36.7 Å². The highest BCUT2D eigenvalue weighted by Gasteiger charge is 2.23. The van der Waals surface area contributed by atoms with Crippen LogP contribution in [-0.4, -0.2) is 29.5 Å². The number of hydrogen-bond donors (Lipinski definition) is 2. The fraction of sp³-hybridized carbons (Fsp3) is 0.375. The van der Waals surface area contributed by atoms with Gasteiger partial charge in [-0.3, -0.25) is 4.68 Å². The SMILES string of the molecule is COCCn1cc(NC(=O)N[C@@H]2CCc3ccccc32)cn1. The van der Waals surface area contributed by atoms with Crippen molar-refractivity contribution in [3.8, 4) is 0 Å². The molecule has 22 heavy (non-hydrogen) atoms. The van der Waals surface area contributed by atoms with Crippen molar-refractivity contribution in [2.24, 2.45) is 0 Å². The van der Waals surface area contributed by atoms with E-state index in [4.69, 9.17) is 4.74 Å². The number of aromatic nitrogens is 2. The van der Waals surface area contributed by atoms with E-state index in [0.29, 0.717) is 18.8 Å². The van der Waals surface area contributed by atoms with Crippen LogP contribution in [0.5, 0.6) is 0 Å². The number of hydrogen-bond acceptors (Lipinski definition) is 3. The van der Waals surface area contributed by atoms with Crippen LogP contribution in [0, 0.1) is 0 Å². The summed E-state index contributed by atoms with van der Waals surface area (Å²) in [6.45, 7) is 1.25. The van der Waals surface area contributed by atoms with E-state index in [1.54, 1.807) is 24.2 Å². The van der Waals surface area contributed by atoms with Gasteiger partial charge in [-0.15, -0.1) is 0 Å². The summed E-state index contributed by atoms with van der Waals surface area (Å²) in [7, 11) is 1.65. The molecular weight excluding hydrogens is 280 g/mol. The molecule has 2 amide bonds. The molecule has 0 spiro atoms. The van der Waals surface area contributed by atoms with Crippen molar-refractivity contribution < 1.29 is 9.53 Å². The van der Waals surface area contributed by atoms with E-state index in [0.717, 1.165) is 12.8 Å². The molecule has 0 fully saturated rings. The number of fused-ring (bicyclic) bond motifs is 1. The van der Waals surface area contributed by atoms with Crippen molar-refractivity contribution in [1.82, 2.24) is 15.1 Å². The van der Waals surface area contributed by atoms with Gasteiger partial charge in [-0.25, -0.2) is 4.79 Å². The summed E-state index contributed by atoms with van der Waals surface area (Å²) in [5, 5.41) is 10.0. The molecule has 116 valence electrons. The van der Waals surface area contributed by atoms with E-state index < -0.39 is 0 Å².